The summed E-state index contributed by atoms with van der Waals surface area (Å²) in [7, 11) is 0. The zero-order valence-electron chi connectivity index (χ0n) is 8.33. The molecule has 1 aromatic rings. The van der Waals surface area contributed by atoms with Gasteiger partial charge in [0.2, 0.25) is 0 Å². The summed E-state index contributed by atoms with van der Waals surface area (Å²) in [5, 5.41) is 11.6. The Morgan fingerprint density at radius 2 is 2.00 bits per heavy atom. The number of aliphatic carboxylic acids is 1. The van der Waals surface area contributed by atoms with Crippen LogP contribution in [0.1, 0.15) is 6.92 Å². The number of anilines is 1. The predicted molar refractivity (Wildman–Crippen MR) is 56.3 cm³/mol. The fourth-order valence-corrected chi connectivity index (χ4v) is 1.11. The van der Waals surface area contributed by atoms with Crippen LogP contribution in [0, 0.1) is 5.82 Å². The summed E-state index contributed by atoms with van der Waals surface area (Å²) in [4.78, 5) is 10.8. The number of hydrogen-bond donors (Lipinski definition) is 2. The maximum atomic E-state index is 12.6. The van der Waals surface area contributed by atoms with Gasteiger partial charge in [-0.3, -0.25) is 0 Å². The first-order valence-corrected chi connectivity index (χ1v) is 4.41. The molecule has 1 aromatic carbocycles. The zero-order valence-corrected chi connectivity index (χ0v) is 8.33. The van der Waals surface area contributed by atoms with Crippen molar-refractivity contribution in [3.05, 3.63) is 42.2 Å². The number of hydrogen-bond acceptors (Lipinski definition) is 2. The van der Waals surface area contributed by atoms with Gasteiger partial charge < -0.3 is 10.4 Å². The zero-order chi connectivity index (χ0) is 11.4. The Kier molecular flexibility index (Phi) is 3.44. The highest BCUT2D eigenvalue weighted by Crippen LogP contribution is 2.12. The second kappa shape index (κ2) is 4.59. The van der Waals surface area contributed by atoms with Crippen molar-refractivity contribution in [1.82, 2.24) is 0 Å². The second-order valence-electron chi connectivity index (χ2n) is 3.27. The second-order valence-corrected chi connectivity index (χ2v) is 3.27. The van der Waals surface area contributed by atoms with Crippen LogP contribution in [0.25, 0.3) is 0 Å². The highest BCUT2D eigenvalue weighted by molar-refractivity contribution is 5.80. The van der Waals surface area contributed by atoms with E-state index in [0.29, 0.717) is 11.3 Å². The van der Waals surface area contributed by atoms with Crippen LogP contribution in [-0.2, 0) is 4.79 Å². The van der Waals surface area contributed by atoms with Crippen LogP contribution in [0.15, 0.2) is 36.4 Å². The molecule has 0 unspecified atom stereocenters. The molecule has 0 aliphatic rings. The van der Waals surface area contributed by atoms with Crippen molar-refractivity contribution < 1.29 is 14.3 Å². The van der Waals surface area contributed by atoms with Crippen LogP contribution in [0.3, 0.4) is 0 Å². The summed E-state index contributed by atoms with van der Waals surface area (Å²) in [5.74, 6) is -1.37. The minimum Gasteiger partial charge on any atom is -0.479 e. The van der Waals surface area contributed by atoms with Gasteiger partial charge in [-0.1, -0.05) is 6.58 Å². The summed E-state index contributed by atoms with van der Waals surface area (Å²) in [6.07, 6.45) is 0. The van der Waals surface area contributed by atoms with Crippen molar-refractivity contribution in [2.24, 2.45) is 0 Å². The standard InChI is InChI=1S/C11H12FNO2/c1-7(2)10(11(14)15)13-9-5-3-8(12)4-6-9/h3-6,10,13H,1H2,2H3,(H,14,15)/t10-/m0/s1. The minimum absolute atomic E-state index is 0.359. The van der Waals surface area contributed by atoms with E-state index in [9.17, 15) is 9.18 Å². The number of halogens is 1. The van der Waals surface area contributed by atoms with Gasteiger partial charge in [-0.2, -0.15) is 0 Å². The number of carbonyl (C=O) groups is 1. The maximum absolute atomic E-state index is 12.6. The molecule has 15 heavy (non-hydrogen) atoms. The molecule has 0 radical (unpaired) electrons. The predicted octanol–water partition coefficient (Wildman–Crippen LogP) is 2.27. The molecule has 2 N–H and O–H groups in total. The highest BCUT2D eigenvalue weighted by Gasteiger charge is 2.17. The average molecular weight is 209 g/mol. The molecule has 0 aromatic heterocycles. The summed E-state index contributed by atoms with van der Waals surface area (Å²) in [6, 6.07) is 4.64. The molecule has 0 bridgehead atoms. The van der Waals surface area contributed by atoms with Crippen molar-refractivity contribution in [2.75, 3.05) is 5.32 Å². The number of rotatable bonds is 4. The van der Waals surface area contributed by atoms with Crippen LogP contribution >= 0.6 is 0 Å². The van der Waals surface area contributed by atoms with Gasteiger partial charge in [0, 0.05) is 5.69 Å². The molecule has 3 nitrogen and oxygen atoms in total. The third-order valence-electron chi connectivity index (χ3n) is 1.89. The molecule has 80 valence electrons. The van der Waals surface area contributed by atoms with E-state index in [1.54, 1.807) is 6.92 Å². The molecule has 1 atom stereocenters. The van der Waals surface area contributed by atoms with Gasteiger partial charge in [-0.15, -0.1) is 0 Å². The monoisotopic (exact) mass is 209 g/mol. The Morgan fingerprint density at radius 3 is 2.40 bits per heavy atom. The van der Waals surface area contributed by atoms with Gasteiger partial charge in [0.25, 0.3) is 0 Å². The van der Waals surface area contributed by atoms with E-state index in [2.05, 4.69) is 11.9 Å². The molecule has 0 saturated heterocycles. The van der Waals surface area contributed by atoms with E-state index in [4.69, 9.17) is 5.11 Å². The number of carboxylic acids is 1. The number of benzene rings is 1. The molecule has 0 amide bonds. The van der Waals surface area contributed by atoms with E-state index >= 15 is 0 Å². The molecule has 1 rings (SSSR count). The Morgan fingerprint density at radius 1 is 1.47 bits per heavy atom. The van der Waals surface area contributed by atoms with Crippen LogP contribution in [0.5, 0.6) is 0 Å². The van der Waals surface area contributed by atoms with Gasteiger partial charge in [-0.25, -0.2) is 9.18 Å². The van der Waals surface area contributed by atoms with Gasteiger partial charge in [0.05, 0.1) is 0 Å². The molecule has 0 aliphatic heterocycles. The van der Waals surface area contributed by atoms with Crippen molar-refractivity contribution in [1.29, 1.82) is 0 Å². The van der Waals surface area contributed by atoms with Crippen molar-refractivity contribution in [2.45, 2.75) is 13.0 Å². The Labute approximate surface area is 87.2 Å². The number of nitrogens with one attached hydrogen (secondary N) is 1. The molecule has 0 saturated carbocycles. The molecular formula is C11H12FNO2. The first-order valence-electron chi connectivity index (χ1n) is 4.41. The van der Waals surface area contributed by atoms with Crippen molar-refractivity contribution in [3.8, 4) is 0 Å². The van der Waals surface area contributed by atoms with E-state index in [1.165, 1.54) is 24.3 Å². The lowest BCUT2D eigenvalue weighted by Gasteiger charge is -2.15. The minimum atomic E-state index is -1.01. The van der Waals surface area contributed by atoms with Gasteiger partial charge in [-0.05, 0) is 36.8 Å². The Balaban J connectivity index is 2.79. The lowest BCUT2D eigenvalue weighted by atomic mass is 10.1. The van der Waals surface area contributed by atoms with Crippen molar-refractivity contribution in [3.63, 3.8) is 0 Å². The smallest absolute Gasteiger partial charge is 0.330 e. The molecule has 0 heterocycles. The van der Waals surface area contributed by atoms with Crippen LogP contribution in [0.2, 0.25) is 0 Å². The largest absolute Gasteiger partial charge is 0.479 e. The van der Waals surface area contributed by atoms with Crippen LogP contribution in [-0.4, -0.2) is 17.1 Å². The maximum Gasteiger partial charge on any atom is 0.330 e. The van der Waals surface area contributed by atoms with Crippen molar-refractivity contribution >= 4 is 11.7 Å². The molecule has 4 heteroatoms. The summed E-state index contributed by atoms with van der Waals surface area (Å²) < 4.78 is 12.6. The van der Waals surface area contributed by atoms with E-state index < -0.39 is 12.0 Å². The van der Waals surface area contributed by atoms with Gasteiger partial charge in [0.15, 0.2) is 0 Å². The topological polar surface area (TPSA) is 49.3 Å². The first-order chi connectivity index (χ1) is 7.00. The van der Waals surface area contributed by atoms with E-state index in [-0.39, 0.29) is 5.82 Å². The van der Waals surface area contributed by atoms with Gasteiger partial charge >= 0.3 is 5.97 Å². The Bertz CT molecular complexity index is 359. The highest BCUT2D eigenvalue weighted by atomic mass is 19.1. The van der Waals surface area contributed by atoms with Crippen LogP contribution in [0.4, 0.5) is 10.1 Å². The molecule has 0 fully saturated rings. The fraction of sp³-hybridized carbons (Fsp3) is 0.182. The van der Waals surface area contributed by atoms with Gasteiger partial charge in [0.1, 0.15) is 11.9 Å². The average Bonchev–Trinajstić information content (AvgIpc) is 2.15. The normalized spacial score (nSPS) is 11.9. The Hall–Kier alpha value is -1.84. The SMILES string of the molecule is C=C(C)[C@H](Nc1ccc(F)cc1)C(=O)O. The summed E-state index contributed by atoms with van der Waals surface area (Å²) in [6.45, 7) is 5.19. The first kappa shape index (κ1) is 11.2. The van der Waals surface area contributed by atoms with E-state index in [1.807, 2.05) is 0 Å². The lowest BCUT2D eigenvalue weighted by Crippen LogP contribution is -2.29. The quantitative estimate of drug-likeness (QED) is 0.748. The summed E-state index contributed by atoms with van der Waals surface area (Å²) >= 11 is 0. The summed E-state index contributed by atoms with van der Waals surface area (Å²) in [5.41, 5.74) is 1.04. The molecule has 0 spiro atoms. The number of carboxylic acid groups (broad SMARTS) is 1. The van der Waals surface area contributed by atoms with E-state index in [0.717, 1.165) is 0 Å². The molecular weight excluding hydrogens is 197 g/mol. The van der Waals surface area contributed by atoms with Crippen LogP contribution < -0.4 is 5.32 Å². The third-order valence-corrected chi connectivity index (χ3v) is 1.89. The fourth-order valence-electron chi connectivity index (χ4n) is 1.11. The lowest BCUT2D eigenvalue weighted by molar-refractivity contribution is -0.137. The third kappa shape index (κ3) is 3.09. The molecule has 0 aliphatic carbocycles.